The van der Waals surface area contributed by atoms with E-state index in [0.29, 0.717) is 95.8 Å². The van der Waals surface area contributed by atoms with Crippen LogP contribution in [0.5, 0.6) is 51.7 Å². The van der Waals surface area contributed by atoms with Gasteiger partial charge in [-0.15, -0.1) is 34.0 Å². The number of rotatable bonds is 20. The topological polar surface area (TPSA) is 481 Å². The van der Waals surface area contributed by atoms with Crippen LogP contribution in [0.15, 0.2) is 201 Å². The molecule has 121 heavy (non-hydrogen) atoms. The van der Waals surface area contributed by atoms with Gasteiger partial charge in [0.05, 0.1) is 94.8 Å². The lowest BCUT2D eigenvalue weighted by molar-refractivity contribution is -0.192. The maximum Gasteiger partial charge on any atom is 0.490 e. The summed E-state index contributed by atoms with van der Waals surface area (Å²) in [5.74, 6) is -1.05. The number of pyridine rings is 5. The molecule has 13 aromatic rings. The quantitative estimate of drug-likeness (QED) is 0.00842. The number of fused-ring (bicyclic) bond motifs is 3. The van der Waals surface area contributed by atoms with Gasteiger partial charge in [0.2, 0.25) is 15.7 Å². The lowest BCUT2D eigenvalue weighted by Crippen LogP contribution is -2.21. The number of nitrogen functional groups attached to an aromatic ring is 1. The molecule has 0 aliphatic rings. The van der Waals surface area contributed by atoms with Crippen LogP contribution >= 0.6 is 81.4 Å². The Balaban J connectivity index is 0.000000222. The second kappa shape index (κ2) is 48.1. The van der Waals surface area contributed by atoms with Crippen molar-refractivity contribution in [2.24, 2.45) is 11.5 Å². The highest BCUT2D eigenvalue weighted by atomic mass is 35.5. The summed E-state index contributed by atoms with van der Waals surface area (Å²) in [6, 6.07) is 39.0. The zero-order valence-electron chi connectivity index (χ0n) is 63.0. The Hall–Kier alpha value is -13.1. The number of phenolic OH excluding ortho intramolecular Hbond substituents is 1. The zero-order chi connectivity index (χ0) is 89.0. The maximum absolute atomic E-state index is 11.7. The number of ether oxygens (including phenoxy) is 6. The summed E-state index contributed by atoms with van der Waals surface area (Å²) < 4.78 is 66.1. The molecule has 620 valence electrons. The van der Waals surface area contributed by atoms with E-state index in [2.05, 4.69) is 63.4 Å². The fourth-order valence-corrected chi connectivity index (χ4v) is 12.5. The average Bonchev–Trinajstić information content (AvgIpc) is 1.67. The molecular weight excluding hydrogens is 1720 g/mol. The molecule has 0 fully saturated rings. The molecule has 14 N–H and O–H groups in total. The third-order valence-electron chi connectivity index (χ3n) is 14.2. The van der Waals surface area contributed by atoms with Crippen LogP contribution in [0.2, 0.25) is 28.7 Å². The first-order valence-electron chi connectivity index (χ1n) is 33.8. The molecule has 31 nitrogen and oxygen atoms in total. The Labute approximate surface area is 721 Å². The van der Waals surface area contributed by atoms with Gasteiger partial charge in [-0.2, -0.15) is 25.8 Å². The summed E-state index contributed by atoms with van der Waals surface area (Å²) in [6.45, 7) is 3.26. The van der Waals surface area contributed by atoms with E-state index in [4.69, 9.17) is 111 Å². The van der Waals surface area contributed by atoms with E-state index in [0.717, 1.165) is 41.6 Å². The van der Waals surface area contributed by atoms with E-state index in [1.165, 1.54) is 73.0 Å². The Morgan fingerprint density at radius 2 is 0.802 bits per heavy atom. The molecule has 5 aromatic carbocycles. The van der Waals surface area contributed by atoms with Gasteiger partial charge in [0, 0.05) is 81.8 Å². The summed E-state index contributed by atoms with van der Waals surface area (Å²) in [7, 11) is 11.6. The number of anilines is 5. The summed E-state index contributed by atoms with van der Waals surface area (Å²) >= 11 is 24.4. The van der Waals surface area contributed by atoms with Crippen molar-refractivity contribution in [1.82, 2.24) is 24.9 Å². The third kappa shape index (κ3) is 32.3. The minimum absolute atomic E-state index is 0.163. The number of nitrogens with one attached hydrogen (secondary N) is 4. The van der Waals surface area contributed by atoms with Crippen molar-refractivity contribution in [2.45, 2.75) is 19.8 Å². The van der Waals surface area contributed by atoms with Gasteiger partial charge >= 0.3 is 38.2 Å². The number of carboxylic acid groups (broad SMARTS) is 1. The molecule has 0 bridgehead atoms. The maximum atomic E-state index is 11.7. The number of aliphatic carboxylic acids is 1. The smallest absolute Gasteiger partial charge is 0.490 e. The Bertz CT molecular complexity index is 5680. The fourth-order valence-electron chi connectivity index (χ4n) is 8.92. The molecule has 45 heteroatoms. The van der Waals surface area contributed by atoms with Gasteiger partial charge in [-0.25, -0.2) is 9.59 Å². The zero-order valence-corrected chi connectivity index (χ0v) is 68.7. The molecule has 0 atom stereocenters. The Morgan fingerprint density at radius 3 is 1.11 bits per heavy atom. The van der Waals surface area contributed by atoms with Gasteiger partial charge in [-0.3, -0.25) is 58.5 Å². The first-order valence-corrected chi connectivity index (χ1v) is 38.0. The number of nitrogens with two attached hydrogens (primary N) is 3. The number of carbonyl (C=O) groups is 9. The normalized spacial score (nSPS) is 10.1. The van der Waals surface area contributed by atoms with E-state index in [1.54, 1.807) is 190 Å². The molecule has 4 amide bonds. The van der Waals surface area contributed by atoms with Crippen molar-refractivity contribution < 1.29 is 105 Å². The number of aromatic nitrogens is 5. The number of benzene rings is 5. The molecular formula is C76H64B4Cl3F3N12O19S4. The van der Waals surface area contributed by atoms with Crippen molar-refractivity contribution in [3.63, 3.8) is 0 Å². The number of amides is 4. The SMILES string of the molecule is CB(O)Nc1ccc(O)cc1.CB(O)Nc1ccc(Oc2cncc(Cl)c2C=O)cc1.COC(=O)CS.NC(=O)c1cc2c(Oc3ccc(N)cc3)cncc2s1.O=C(O)C(F)(F)F.O=Cc1c(Cl)cncc1Cl.[B]C(=O)Nc1ccc(Oc2cncc3sc(C(=O)OC)cc23)cc1.[B]C(=O)Nc1ccc(Oc2cncc3sc(C(N)=O)cc23)cc1. The van der Waals surface area contributed by atoms with E-state index in [1.807, 2.05) is 0 Å². The third-order valence-corrected chi connectivity index (χ3v) is 18.6. The number of carboxylic acids is 1. The van der Waals surface area contributed by atoms with Crippen molar-refractivity contribution in [2.75, 3.05) is 46.8 Å². The number of primary amides is 2. The van der Waals surface area contributed by atoms with Gasteiger partial charge in [0.25, 0.3) is 11.8 Å². The van der Waals surface area contributed by atoms with Crippen LogP contribution in [0, 0.1) is 0 Å². The molecule has 0 aliphatic heterocycles. The van der Waals surface area contributed by atoms with Gasteiger partial charge in [-0.05, 0) is 153 Å². The van der Waals surface area contributed by atoms with Crippen LogP contribution in [0.1, 0.15) is 49.7 Å². The number of hydrogen-bond donors (Lipinski definition) is 12. The monoisotopic (exact) mass is 1780 g/mol. The van der Waals surface area contributed by atoms with Crippen molar-refractivity contribution in [1.29, 1.82) is 0 Å². The number of thiol groups is 1. The number of hydrogen-bond acceptors (Lipinski definition) is 30. The molecule has 0 saturated heterocycles. The van der Waals surface area contributed by atoms with Crippen molar-refractivity contribution in [3.05, 3.63) is 242 Å². The highest BCUT2D eigenvalue weighted by molar-refractivity contribution is 7.81. The predicted octanol–water partition coefficient (Wildman–Crippen LogP) is 15.9. The number of aromatic hydroxyl groups is 1. The van der Waals surface area contributed by atoms with Crippen LogP contribution in [0.3, 0.4) is 0 Å². The summed E-state index contributed by atoms with van der Waals surface area (Å²) in [5.41, 5.74) is 20.1. The van der Waals surface area contributed by atoms with Gasteiger partial charge in [0.1, 0.15) is 33.6 Å². The fraction of sp³-hybridized carbons (Fsp3) is 0.0789. The number of thiophene rings is 3. The van der Waals surface area contributed by atoms with Crippen LogP contribution in [-0.2, 0) is 19.1 Å². The highest BCUT2D eigenvalue weighted by Gasteiger charge is 2.38. The average molecular weight is 1780 g/mol. The number of nitrogens with zero attached hydrogens (tertiary/aromatic N) is 5. The predicted molar refractivity (Wildman–Crippen MR) is 464 cm³/mol. The number of aldehydes is 2. The Morgan fingerprint density at radius 1 is 0.496 bits per heavy atom. The van der Waals surface area contributed by atoms with Gasteiger partial charge in [0.15, 0.2) is 47.2 Å². The molecule has 13 rings (SSSR count). The number of halogens is 6. The highest BCUT2D eigenvalue weighted by Crippen LogP contribution is 2.39. The van der Waals surface area contributed by atoms with Gasteiger partial charge in [-0.1, -0.05) is 34.8 Å². The van der Waals surface area contributed by atoms with Crippen LogP contribution in [-0.4, -0.2) is 155 Å². The lowest BCUT2D eigenvalue weighted by Gasteiger charge is -2.10. The first-order chi connectivity index (χ1) is 57.5. The molecule has 0 aliphatic carbocycles. The number of alkyl halides is 3. The largest absolute Gasteiger partial charge is 0.508 e. The number of esters is 2. The molecule has 0 saturated carbocycles. The number of phenols is 1. The molecule has 0 unspecified atom stereocenters. The molecule has 8 aromatic heterocycles. The first kappa shape index (κ1) is 96.8. The van der Waals surface area contributed by atoms with Crippen molar-refractivity contribution in [3.8, 4) is 51.7 Å². The number of methoxy groups -OCH3 is 2. The van der Waals surface area contributed by atoms with Crippen LogP contribution < -0.4 is 57.2 Å². The second-order valence-corrected chi connectivity index (χ2v) is 28.0. The number of carbonyl (C=O) groups excluding carboxylic acids is 8. The summed E-state index contributed by atoms with van der Waals surface area (Å²) in [4.78, 5) is 117. The van der Waals surface area contributed by atoms with E-state index >= 15 is 0 Å². The summed E-state index contributed by atoms with van der Waals surface area (Å²) in [5, 5.41) is 47.8. The molecule has 4 radical (unpaired) electrons. The van der Waals surface area contributed by atoms with Gasteiger partial charge < -0.3 is 87.0 Å². The van der Waals surface area contributed by atoms with E-state index in [9.17, 15) is 56.6 Å². The van der Waals surface area contributed by atoms with E-state index in [-0.39, 0.29) is 38.1 Å². The molecule has 0 spiro atoms. The minimum Gasteiger partial charge on any atom is -0.508 e. The van der Waals surface area contributed by atoms with Crippen molar-refractivity contribution >= 4 is 224 Å². The second-order valence-electron chi connectivity index (χ2n) is 23.2. The standard InChI is InChI=1S/C16H11BN2O4S.C15H10BN3O3S.C14H11N3O2S.C13H12BClN2O3.C7H10BNO2.C6H3Cl2NO.C3H6O2S.C2HF3O2/c1-22-15(20)13-6-11-12(7-18-8-14(11)24-13)23-10-4-2-9(3-5-10)19-16(17)21;16-15(21)19-8-1-3-9(4-2-8)22-11-6-18-7-13-10(11)5-12(23-13)14(17)20;15-8-1-3-9(4-2-8)19-11-6-17-7-13-10(11)5-12(20-13)14(16)18;1-14(19)17-9-2-4-10(5-3-9)20-13-7-16-6-12(15)11(13)8-18;1-8(11)9-6-2-4-7(10)5-3-6;7-5-1-9-2-6(8)4(5)3-10;1-5-3(4)2-6;3-2(4,5)1(6)7/h2-8H,1H3,(H,19,21);1-7H,(H2,17,20)(H,19,21);1-7H,15H2,(H2,16,18);2-8,17,19H,1H3;2-5,9-11H,1H3;1-3H;6H,2H2,1H3;(H,6,7). The van der Waals surface area contributed by atoms with Crippen LogP contribution in [0.4, 0.5) is 51.2 Å². The van der Waals surface area contributed by atoms with E-state index < -0.39 is 55.6 Å². The lowest BCUT2D eigenvalue weighted by atomic mass is 9.88. The molecule has 8 heterocycles. The Kier molecular flexibility index (Phi) is 38.5. The minimum atomic E-state index is -5.08. The van der Waals surface area contributed by atoms with Crippen LogP contribution in [0.25, 0.3) is 30.3 Å². The summed E-state index contributed by atoms with van der Waals surface area (Å²) in [6.07, 6.45) is 11.5.